The van der Waals surface area contributed by atoms with Crippen LogP contribution in [0.3, 0.4) is 0 Å². The summed E-state index contributed by atoms with van der Waals surface area (Å²) >= 11 is 12.7. The van der Waals surface area contributed by atoms with Crippen LogP contribution in [0, 0.1) is 22.7 Å². The Hall–Kier alpha value is -5.98. The molecular weight excluding hydrogens is 835 g/mol. The van der Waals surface area contributed by atoms with E-state index in [9.17, 15) is 34.0 Å². The van der Waals surface area contributed by atoms with Crippen molar-refractivity contribution in [1.29, 1.82) is 10.5 Å². The molecule has 17 nitrogen and oxygen atoms in total. The van der Waals surface area contributed by atoms with Crippen LogP contribution in [0.1, 0.15) is 78.8 Å². The fourth-order valence-electron chi connectivity index (χ4n) is 7.62. The first-order chi connectivity index (χ1) is 29.0. The summed E-state index contributed by atoms with van der Waals surface area (Å²) in [7, 11) is 1.44. The Labute approximate surface area is 361 Å². The number of halogens is 2. The van der Waals surface area contributed by atoms with Gasteiger partial charge in [0.1, 0.15) is 18.4 Å². The van der Waals surface area contributed by atoms with E-state index >= 15 is 0 Å². The number of benzene rings is 3. The van der Waals surface area contributed by atoms with Gasteiger partial charge in [-0.3, -0.25) is 28.9 Å². The van der Waals surface area contributed by atoms with Gasteiger partial charge in [0.15, 0.2) is 5.60 Å². The van der Waals surface area contributed by atoms with E-state index in [1.165, 1.54) is 7.11 Å². The van der Waals surface area contributed by atoms with Gasteiger partial charge in [-0.05, 0) is 73.2 Å². The lowest BCUT2D eigenvalue weighted by Crippen LogP contribution is -2.57. The number of carboxylic acids is 3. The minimum Gasteiger partial charge on any atom is -0.495 e. The van der Waals surface area contributed by atoms with Gasteiger partial charge in [-0.25, -0.2) is 4.79 Å². The number of aliphatic hydroxyl groups is 1. The number of methoxy groups -OCH3 is 1. The molecule has 19 heteroatoms. The molecule has 3 unspecified atom stereocenters. The van der Waals surface area contributed by atoms with Gasteiger partial charge in [-0.15, -0.1) is 0 Å². The lowest BCUT2D eigenvalue weighted by molar-refractivity contribution is -0.170. The fourth-order valence-corrected chi connectivity index (χ4v) is 7.92. The third kappa shape index (κ3) is 12.5. The number of amides is 3. The van der Waals surface area contributed by atoms with Crippen molar-refractivity contribution in [2.75, 3.05) is 39.8 Å². The summed E-state index contributed by atoms with van der Waals surface area (Å²) in [6.07, 6.45) is 1.87. The zero-order valence-corrected chi connectivity index (χ0v) is 34.7. The number of likely N-dealkylation sites (tertiary alicyclic amines) is 2. The highest BCUT2D eigenvalue weighted by Gasteiger charge is 2.41. The first-order valence-corrected chi connectivity index (χ1v) is 20.1. The number of hydrogen-bond donors (Lipinski definition) is 6. The molecule has 2 heterocycles. The minimum absolute atomic E-state index is 0.0361. The number of nitrogens with zero attached hydrogens (tertiary/aromatic N) is 4. The molecule has 3 aromatic carbocycles. The third-order valence-corrected chi connectivity index (χ3v) is 11.4. The second kappa shape index (κ2) is 22.0. The molecule has 0 saturated carbocycles. The quantitative estimate of drug-likeness (QED) is 0.110. The molecule has 0 radical (unpaired) electrons. The molecule has 324 valence electrons. The molecule has 3 aromatic rings. The van der Waals surface area contributed by atoms with E-state index in [2.05, 4.69) is 21.6 Å². The van der Waals surface area contributed by atoms with E-state index in [4.69, 9.17) is 53.6 Å². The number of aliphatic carboxylic acids is 3. The molecule has 3 atom stereocenters. The molecule has 0 aliphatic carbocycles. The van der Waals surface area contributed by atoms with E-state index in [0.717, 1.165) is 30.2 Å². The van der Waals surface area contributed by atoms with Crippen molar-refractivity contribution in [3.8, 4) is 17.9 Å². The standard InChI is InChI=1S/C36H38Cl2N6O4.C6H8O7/c1-48-34-26(21-40)18-24-6-2-3-7-28(24)33(34)36(47)42-22-25(23-9-10-29(37)30(38)19-23)11-16-43-17-12-27(44-15-5-4-8-32(44)45)20-31(43)35(46)41-14-13-39;7-3(8)1-6(13,5(11)12)2-4(9)10/h2-3,6-7,9-10,18-19,25,27,31H,4-5,8,11-12,14-17,20,22H2,1H3,(H,41,46)(H,42,47);13H,1-2H2,(H,7,8)(H,9,10)(H,11,12). The average molecular weight is 882 g/mol. The number of hydrogen-bond acceptors (Lipinski definition) is 11. The van der Waals surface area contributed by atoms with Gasteiger partial charge in [-0.1, -0.05) is 53.5 Å². The van der Waals surface area contributed by atoms with Gasteiger partial charge >= 0.3 is 17.9 Å². The second-order valence-corrected chi connectivity index (χ2v) is 15.5. The van der Waals surface area contributed by atoms with Gasteiger partial charge in [-0.2, -0.15) is 10.5 Å². The highest BCUT2D eigenvalue weighted by Crippen LogP contribution is 2.34. The molecule has 6 N–H and O–H groups in total. The Morgan fingerprint density at radius 3 is 2.28 bits per heavy atom. The van der Waals surface area contributed by atoms with Crippen molar-refractivity contribution >= 4 is 69.6 Å². The average Bonchev–Trinajstić information content (AvgIpc) is 3.22. The molecule has 0 bridgehead atoms. The maximum atomic E-state index is 13.9. The van der Waals surface area contributed by atoms with Gasteiger partial charge in [0.05, 0.1) is 53.2 Å². The highest BCUT2D eigenvalue weighted by molar-refractivity contribution is 6.42. The maximum Gasteiger partial charge on any atom is 0.336 e. The molecular formula is C42H46Cl2N6O11. The number of carbonyl (C=O) groups is 6. The summed E-state index contributed by atoms with van der Waals surface area (Å²) in [5.41, 5.74) is -1.33. The molecule has 2 saturated heterocycles. The van der Waals surface area contributed by atoms with Crippen molar-refractivity contribution in [2.24, 2.45) is 0 Å². The normalized spacial score (nSPS) is 17.1. The summed E-state index contributed by atoms with van der Waals surface area (Å²) in [6, 6.07) is 18.0. The van der Waals surface area contributed by atoms with Crippen LogP contribution in [0.4, 0.5) is 0 Å². The monoisotopic (exact) mass is 880 g/mol. The first-order valence-electron chi connectivity index (χ1n) is 19.3. The van der Waals surface area contributed by atoms with Crippen LogP contribution >= 0.6 is 23.2 Å². The Morgan fingerprint density at radius 1 is 0.967 bits per heavy atom. The van der Waals surface area contributed by atoms with Crippen molar-refractivity contribution in [3.63, 3.8) is 0 Å². The van der Waals surface area contributed by atoms with Crippen molar-refractivity contribution < 1.29 is 53.9 Å². The van der Waals surface area contributed by atoms with Gasteiger partial charge in [0, 0.05) is 38.0 Å². The van der Waals surface area contributed by atoms with Crippen LogP contribution in [0.5, 0.6) is 5.75 Å². The summed E-state index contributed by atoms with van der Waals surface area (Å²) < 4.78 is 5.56. The van der Waals surface area contributed by atoms with Crippen LogP contribution in [0.2, 0.25) is 10.0 Å². The lowest BCUT2D eigenvalue weighted by atomic mass is 9.91. The number of nitrogens with one attached hydrogen (secondary N) is 2. The highest BCUT2D eigenvalue weighted by atomic mass is 35.5. The van der Waals surface area contributed by atoms with Crippen molar-refractivity contribution in [3.05, 3.63) is 75.3 Å². The fraction of sp³-hybridized carbons (Fsp3) is 0.429. The first kappa shape index (κ1) is 47.7. The summed E-state index contributed by atoms with van der Waals surface area (Å²) in [4.78, 5) is 74.4. The second-order valence-electron chi connectivity index (χ2n) is 14.7. The van der Waals surface area contributed by atoms with Crippen LogP contribution < -0.4 is 15.4 Å². The zero-order chi connectivity index (χ0) is 44.9. The predicted molar refractivity (Wildman–Crippen MR) is 221 cm³/mol. The maximum absolute atomic E-state index is 13.9. The van der Waals surface area contributed by atoms with E-state index in [0.29, 0.717) is 54.3 Å². The molecule has 3 amide bonds. The summed E-state index contributed by atoms with van der Waals surface area (Å²) in [5.74, 6) is -5.51. The SMILES string of the molecule is COc1c(C#N)cc2ccccc2c1C(=O)NCC(CCN1CCC(N2CCCCC2=O)CC1C(=O)NCC#N)c1ccc(Cl)c(Cl)c1.O=C(O)CC(O)(CC(=O)O)C(=O)O. The van der Waals surface area contributed by atoms with Crippen LogP contribution in [0.15, 0.2) is 48.5 Å². The number of carbonyl (C=O) groups excluding carboxylic acids is 3. The number of ether oxygens (including phenoxy) is 1. The van der Waals surface area contributed by atoms with E-state index in [1.54, 1.807) is 18.2 Å². The van der Waals surface area contributed by atoms with Crippen LogP contribution in [0.25, 0.3) is 10.8 Å². The Kier molecular flexibility index (Phi) is 17.2. The largest absolute Gasteiger partial charge is 0.495 e. The Morgan fingerprint density at radius 2 is 1.67 bits per heavy atom. The van der Waals surface area contributed by atoms with Gasteiger partial charge in [0.2, 0.25) is 11.8 Å². The number of piperidine rings is 2. The Bertz CT molecular complexity index is 2210. The minimum atomic E-state index is -2.74. The molecule has 2 aliphatic heterocycles. The van der Waals surface area contributed by atoms with Crippen LogP contribution in [-0.2, 0) is 24.0 Å². The van der Waals surface area contributed by atoms with E-state index in [1.807, 2.05) is 41.3 Å². The molecule has 2 aliphatic rings. The molecule has 5 rings (SSSR count). The van der Waals surface area contributed by atoms with Crippen molar-refractivity contribution in [1.82, 2.24) is 20.4 Å². The van der Waals surface area contributed by atoms with E-state index < -0.39 is 42.4 Å². The summed E-state index contributed by atoms with van der Waals surface area (Å²) in [6.45, 7) is 1.95. The van der Waals surface area contributed by atoms with Gasteiger partial charge in [0.25, 0.3) is 5.91 Å². The molecule has 61 heavy (non-hydrogen) atoms. The van der Waals surface area contributed by atoms with Gasteiger partial charge < -0.3 is 40.7 Å². The molecule has 0 spiro atoms. The lowest BCUT2D eigenvalue weighted by Gasteiger charge is -2.44. The summed E-state index contributed by atoms with van der Waals surface area (Å²) in [5, 5.41) is 60.7. The molecule has 2 fully saturated rings. The number of fused-ring (bicyclic) bond motifs is 1. The van der Waals surface area contributed by atoms with E-state index in [-0.39, 0.29) is 59.6 Å². The topological polar surface area (TPSA) is 271 Å². The number of nitriles is 2. The Balaban J connectivity index is 0.000000544. The smallest absolute Gasteiger partial charge is 0.336 e. The molecule has 0 aromatic heterocycles. The number of rotatable bonds is 16. The third-order valence-electron chi connectivity index (χ3n) is 10.7. The van der Waals surface area contributed by atoms with Crippen LogP contribution in [-0.4, -0.2) is 123 Å². The van der Waals surface area contributed by atoms with Crippen molar-refractivity contribution in [2.45, 2.75) is 75.0 Å². The predicted octanol–water partition coefficient (Wildman–Crippen LogP) is 4.17. The number of carboxylic acid groups (broad SMARTS) is 3. The zero-order valence-electron chi connectivity index (χ0n) is 33.2.